The van der Waals surface area contributed by atoms with Crippen molar-refractivity contribution < 1.29 is 64.7 Å². The van der Waals surface area contributed by atoms with E-state index in [2.05, 4.69) is 0 Å². The van der Waals surface area contributed by atoms with Crippen LogP contribution >= 0.6 is 0 Å². The number of hydrogen-bond donors (Lipinski definition) is 3. The summed E-state index contributed by atoms with van der Waals surface area (Å²) in [4.78, 5) is 23.3. The monoisotopic (exact) mass is 350 g/mol. The van der Waals surface area contributed by atoms with Gasteiger partial charge in [-0.05, 0) is 27.2 Å². The van der Waals surface area contributed by atoms with Crippen LogP contribution in [0.15, 0.2) is 0 Å². The van der Waals surface area contributed by atoms with E-state index < -0.39 is 59.0 Å². The van der Waals surface area contributed by atoms with E-state index in [-0.39, 0.29) is 29.6 Å². The van der Waals surface area contributed by atoms with Gasteiger partial charge in [0.05, 0.1) is 16.7 Å². The summed E-state index contributed by atoms with van der Waals surface area (Å²) in [5.41, 5.74) is -0.836. The molecule has 0 radical (unpaired) electrons. The van der Waals surface area contributed by atoms with Crippen LogP contribution in [0.5, 0.6) is 0 Å². The van der Waals surface area contributed by atoms with Crippen molar-refractivity contribution in [1.29, 1.82) is 0 Å². The fourth-order valence-electron chi connectivity index (χ4n) is 1.06. The maximum Gasteiger partial charge on any atom is 1.00 e. The van der Waals surface area contributed by atoms with E-state index in [9.17, 15) is 22.6 Å². The van der Waals surface area contributed by atoms with Crippen LogP contribution in [0.3, 0.4) is 0 Å². The first kappa shape index (κ1) is 19.7. The molecule has 0 saturated heterocycles. The molecule has 9 nitrogen and oxygen atoms in total. The molecule has 0 aliphatic heterocycles. The van der Waals surface area contributed by atoms with Crippen molar-refractivity contribution in [3.8, 4) is 0 Å². The Labute approximate surface area is 155 Å². The van der Waals surface area contributed by atoms with Crippen molar-refractivity contribution in [3.05, 3.63) is 0 Å². The third-order valence-electron chi connectivity index (χ3n) is 1.88. The Morgan fingerprint density at radius 3 is 2.36 bits per heavy atom. The molecular weight excluding hydrogens is 327 g/mol. The fraction of sp³-hybridized carbons (Fsp3) is 0.818. The second-order valence-electron chi connectivity index (χ2n) is 5.06. The van der Waals surface area contributed by atoms with Crippen LogP contribution in [0.2, 0.25) is 0 Å². The number of nitrogens with one attached hydrogen (secondary N) is 2. The van der Waals surface area contributed by atoms with Crippen LogP contribution in [-0.2, 0) is 19.6 Å². The molecule has 1 unspecified atom stereocenters. The molecule has 0 spiro atoms. The number of carbonyl (C=O) groups excluding carboxylic acids is 2. The second-order valence-corrected chi connectivity index (χ2v) is 6.58. The Hall–Kier alpha value is -0.390. The summed E-state index contributed by atoms with van der Waals surface area (Å²) in [7, 11) is -4.64. The van der Waals surface area contributed by atoms with E-state index in [4.69, 9.17) is 12.6 Å². The molecule has 0 heterocycles. The zero-order valence-corrected chi connectivity index (χ0v) is 15.8. The predicted molar refractivity (Wildman–Crippen MR) is 72.4 cm³/mol. The zero-order valence-electron chi connectivity index (χ0n) is 15.0. The molecule has 0 saturated carbocycles. The number of aliphatic hydroxyl groups is 1. The molecular formula is C11H21N2NaO7S. The van der Waals surface area contributed by atoms with Crippen molar-refractivity contribution in [2.45, 2.75) is 38.8 Å². The normalized spacial score (nSPS) is 14.8. The molecule has 0 fully saturated rings. The molecule has 2 amide bonds. The van der Waals surface area contributed by atoms with Gasteiger partial charge in [-0.25, -0.2) is 13.2 Å². The largest absolute Gasteiger partial charge is 1.00 e. The Morgan fingerprint density at radius 1 is 1.41 bits per heavy atom. The van der Waals surface area contributed by atoms with Gasteiger partial charge in [0.2, 0.25) is 5.91 Å². The summed E-state index contributed by atoms with van der Waals surface area (Å²) in [6.45, 7) is 1.42. The predicted octanol–water partition coefficient (Wildman–Crippen LogP) is -4.07. The summed E-state index contributed by atoms with van der Waals surface area (Å²) in [6, 6.07) is -1.50. The molecule has 0 aromatic rings. The molecule has 124 valence electrons. The first-order valence-electron chi connectivity index (χ1n) is 7.01. The fourth-order valence-corrected chi connectivity index (χ4v) is 1.41. The van der Waals surface area contributed by atoms with Gasteiger partial charge in [0.1, 0.15) is 11.6 Å². The number of rotatable bonds is 7. The molecule has 22 heavy (non-hydrogen) atoms. The standard InChI is InChI=1S/C11H22N2O7S.Na/c1-11(2,3)20-10(16)13-8(7-14)9(15)12-5-4-6-21(17,18)19;/h8,14H,4-7H2,1-3H3,(H,12,15)(H,13,16)(H,17,18,19);/q;+1/p-1/i5D2;. The van der Waals surface area contributed by atoms with Gasteiger partial charge in [-0.1, -0.05) is 0 Å². The van der Waals surface area contributed by atoms with Gasteiger partial charge >= 0.3 is 35.7 Å². The number of hydrogen-bond acceptors (Lipinski definition) is 7. The number of carbonyl (C=O) groups is 2. The molecule has 0 aromatic carbocycles. The second kappa shape index (κ2) is 10.4. The van der Waals surface area contributed by atoms with Crippen LogP contribution < -0.4 is 40.2 Å². The molecule has 1 atom stereocenters. The number of aliphatic hydroxyl groups excluding tert-OH is 1. The maximum atomic E-state index is 11.8. The smallest absolute Gasteiger partial charge is 0.748 e. The quantitative estimate of drug-likeness (QED) is 0.313. The molecule has 0 aromatic heterocycles. The van der Waals surface area contributed by atoms with Crippen LogP contribution in [-0.4, -0.2) is 60.6 Å². The average molecular weight is 350 g/mol. The zero-order chi connectivity index (χ0) is 18.5. The van der Waals surface area contributed by atoms with Crippen molar-refractivity contribution in [3.63, 3.8) is 0 Å². The summed E-state index contributed by atoms with van der Waals surface area (Å²) in [5, 5.41) is 13.0. The van der Waals surface area contributed by atoms with E-state index in [1.54, 1.807) is 20.8 Å². The van der Waals surface area contributed by atoms with Gasteiger partial charge < -0.3 is 25.0 Å². The number of amides is 2. The van der Waals surface area contributed by atoms with Crippen molar-refractivity contribution in [1.82, 2.24) is 10.6 Å². The minimum Gasteiger partial charge on any atom is -0.748 e. The van der Waals surface area contributed by atoms with Crippen molar-refractivity contribution >= 4 is 22.1 Å². The minimum atomic E-state index is -4.64. The Morgan fingerprint density at radius 2 is 1.95 bits per heavy atom. The van der Waals surface area contributed by atoms with Gasteiger partial charge in [-0.3, -0.25) is 4.79 Å². The average Bonchev–Trinajstić information content (AvgIpc) is 2.30. The maximum absolute atomic E-state index is 11.8. The Bertz CT molecular complexity index is 537. The molecule has 0 aliphatic rings. The van der Waals surface area contributed by atoms with E-state index in [0.717, 1.165) is 0 Å². The molecule has 3 N–H and O–H groups in total. The summed E-state index contributed by atoms with van der Waals surface area (Å²) in [6.07, 6.45) is -1.76. The Kier molecular flexibility index (Phi) is 9.29. The third kappa shape index (κ3) is 13.3. The van der Waals surface area contributed by atoms with Crippen LogP contribution in [0.25, 0.3) is 0 Å². The molecule has 0 rings (SSSR count). The first-order valence-corrected chi connectivity index (χ1v) is 7.59. The van der Waals surface area contributed by atoms with Crippen LogP contribution in [0.1, 0.15) is 29.9 Å². The van der Waals surface area contributed by atoms with E-state index >= 15 is 0 Å². The van der Waals surface area contributed by atoms with Crippen molar-refractivity contribution in [2.75, 3.05) is 18.9 Å². The van der Waals surface area contributed by atoms with Gasteiger partial charge in [0, 0.05) is 15.0 Å². The minimum absolute atomic E-state index is 0. The number of ether oxygens (including phenoxy) is 1. The van der Waals surface area contributed by atoms with Gasteiger partial charge in [-0.2, -0.15) is 0 Å². The first-order chi connectivity index (χ1) is 10.2. The van der Waals surface area contributed by atoms with Gasteiger partial charge in [0.15, 0.2) is 0 Å². The van der Waals surface area contributed by atoms with Crippen molar-refractivity contribution in [2.24, 2.45) is 0 Å². The molecule has 0 aliphatic carbocycles. The van der Waals surface area contributed by atoms with E-state index in [1.165, 1.54) is 0 Å². The summed E-state index contributed by atoms with van der Waals surface area (Å²) in [5.74, 6) is -2.10. The molecule has 0 bridgehead atoms. The molecule has 11 heteroatoms. The van der Waals surface area contributed by atoms with Gasteiger partial charge in [-0.15, -0.1) is 0 Å². The third-order valence-corrected chi connectivity index (χ3v) is 2.58. The van der Waals surface area contributed by atoms with Crippen LogP contribution in [0.4, 0.5) is 4.79 Å². The summed E-state index contributed by atoms with van der Waals surface area (Å²) < 4.78 is 51.2. The summed E-state index contributed by atoms with van der Waals surface area (Å²) >= 11 is 0. The number of alkyl carbamates (subject to hydrolysis) is 1. The van der Waals surface area contributed by atoms with E-state index in [0.29, 0.717) is 0 Å². The van der Waals surface area contributed by atoms with Gasteiger partial charge in [0.25, 0.3) is 0 Å². The van der Waals surface area contributed by atoms with E-state index in [1.807, 2.05) is 10.6 Å². The topological polar surface area (TPSA) is 145 Å². The van der Waals surface area contributed by atoms with Crippen LogP contribution in [0, 0.1) is 0 Å². The Balaban J connectivity index is 0. The SMILES string of the molecule is [2H]C([2H])(CCS(=O)(=O)[O-])NC(=O)C(CO)NC(=O)OC(C)(C)C.[Na+].